The zero-order valence-corrected chi connectivity index (χ0v) is 17.8. The largest absolute Gasteiger partial charge is 0.329 e. The van der Waals surface area contributed by atoms with E-state index in [4.69, 9.17) is 0 Å². The molecule has 2 atom stereocenters. The van der Waals surface area contributed by atoms with E-state index < -0.39 is 0 Å². The number of hydrogen-bond acceptors (Lipinski definition) is 4. The second-order valence-electron chi connectivity index (χ2n) is 8.33. The minimum absolute atomic E-state index is 0.530. The van der Waals surface area contributed by atoms with E-state index in [1.165, 1.54) is 31.2 Å². The molecule has 0 saturated heterocycles. The maximum Gasteiger partial charge on any atom is 0.144 e. The van der Waals surface area contributed by atoms with Crippen LogP contribution in [0, 0.1) is 5.92 Å². The molecule has 2 N–H and O–H groups in total. The first kappa shape index (κ1) is 20.8. The van der Waals surface area contributed by atoms with E-state index in [0.717, 1.165) is 55.1 Å². The van der Waals surface area contributed by atoms with Gasteiger partial charge in [0, 0.05) is 29.4 Å². The van der Waals surface area contributed by atoms with Crippen LogP contribution in [0.2, 0.25) is 0 Å². The van der Waals surface area contributed by atoms with Crippen molar-refractivity contribution in [3.63, 3.8) is 0 Å². The molecule has 1 saturated carbocycles. The van der Waals surface area contributed by atoms with E-state index >= 15 is 0 Å². The summed E-state index contributed by atoms with van der Waals surface area (Å²) in [6.07, 6.45) is 13.6. The highest BCUT2D eigenvalue weighted by Gasteiger charge is 2.27. The molecule has 3 aromatic rings. The van der Waals surface area contributed by atoms with Crippen molar-refractivity contribution in [1.82, 2.24) is 25.2 Å². The van der Waals surface area contributed by atoms with Crippen LogP contribution in [0.25, 0.3) is 17.1 Å². The second-order valence-corrected chi connectivity index (χ2v) is 8.33. The Bertz CT molecular complexity index is 933. The van der Waals surface area contributed by atoms with Crippen molar-refractivity contribution in [2.24, 2.45) is 5.92 Å². The van der Waals surface area contributed by atoms with Gasteiger partial charge in [0.25, 0.3) is 0 Å². The lowest BCUT2D eigenvalue weighted by Crippen LogP contribution is -2.26. The lowest BCUT2D eigenvalue weighted by molar-refractivity contribution is 0.452. The van der Waals surface area contributed by atoms with Crippen molar-refractivity contribution < 1.29 is 0 Å². The fourth-order valence-corrected chi connectivity index (χ4v) is 4.59. The lowest BCUT2D eigenvalue weighted by Gasteiger charge is -2.15. The second kappa shape index (κ2) is 10.5. The highest BCUT2D eigenvalue weighted by atomic mass is 15.1. The Kier molecular flexibility index (Phi) is 7.27. The van der Waals surface area contributed by atoms with E-state index in [0.29, 0.717) is 6.04 Å². The van der Waals surface area contributed by atoms with Gasteiger partial charge < -0.3 is 15.2 Å². The van der Waals surface area contributed by atoms with E-state index in [2.05, 4.69) is 68.3 Å². The summed E-state index contributed by atoms with van der Waals surface area (Å²) in [5.74, 6) is 0.743. The predicted molar refractivity (Wildman–Crippen MR) is 124 cm³/mol. The van der Waals surface area contributed by atoms with Crippen molar-refractivity contribution in [2.45, 2.75) is 38.1 Å². The molecule has 0 radical (unpaired) electrons. The van der Waals surface area contributed by atoms with Gasteiger partial charge in [0.15, 0.2) is 0 Å². The van der Waals surface area contributed by atoms with E-state index in [-0.39, 0.29) is 0 Å². The van der Waals surface area contributed by atoms with Gasteiger partial charge in [-0.25, -0.2) is 9.97 Å². The third-order valence-corrected chi connectivity index (χ3v) is 6.23. The van der Waals surface area contributed by atoms with Crippen molar-refractivity contribution in [3.8, 4) is 0 Å². The molecule has 0 amide bonds. The number of nitrogens with zero attached hydrogens (tertiary/aromatic N) is 3. The first-order valence-corrected chi connectivity index (χ1v) is 11.2. The number of rotatable bonds is 11. The van der Waals surface area contributed by atoms with E-state index in [9.17, 15) is 0 Å². The molecule has 5 nitrogen and oxygen atoms in total. The molecule has 0 spiro atoms. The average Bonchev–Trinajstić information content (AvgIpc) is 3.40. The van der Waals surface area contributed by atoms with Crippen LogP contribution < -0.4 is 10.6 Å². The van der Waals surface area contributed by atoms with Gasteiger partial charge in [0.05, 0.1) is 0 Å². The SMILES string of the molecule is C=Cc1cn(C2CCC(CNCCCNCCc3ccccc3)C2)c2ncncc12. The monoisotopic (exact) mass is 403 g/mol. The summed E-state index contributed by atoms with van der Waals surface area (Å²) in [6, 6.07) is 11.2. The summed E-state index contributed by atoms with van der Waals surface area (Å²) in [5, 5.41) is 8.33. The molecule has 5 heteroatoms. The Morgan fingerprint density at radius 1 is 1.10 bits per heavy atom. The van der Waals surface area contributed by atoms with E-state index in [1.807, 2.05) is 12.3 Å². The normalized spacial score (nSPS) is 18.8. The minimum atomic E-state index is 0.530. The Morgan fingerprint density at radius 2 is 1.97 bits per heavy atom. The summed E-state index contributed by atoms with van der Waals surface area (Å²) in [6.45, 7) is 8.27. The van der Waals surface area contributed by atoms with Gasteiger partial charge in [-0.05, 0) is 69.8 Å². The molecule has 0 aliphatic heterocycles. The Labute approximate surface area is 179 Å². The first-order chi connectivity index (χ1) is 14.8. The van der Waals surface area contributed by atoms with E-state index in [1.54, 1.807) is 6.33 Å². The Morgan fingerprint density at radius 3 is 2.83 bits per heavy atom. The van der Waals surface area contributed by atoms with Crippen LogP contribution in [0.4, 0.5) is 0 Å². The third kappa shape index (κ3) is 5.15. The molecule has 1 aliphatic carbocycles. The van der Waals surface area contributed by atoms with Crippen LogP contribution >= 0.6 is 0 Å². The van der Waals surface area contributed by atoms with Gasteiger partial charge in [0.1, 0.15) is 12.0 Å². The van der Waals surface area contributed by atoms with Gasteiger partial charge in [-0.15, -0.1) is 0 Å². The summed E-state index contributed by atoms with van der Waals surface area (Å²) in [5.41, 5.74) is 3.58. The molecule has 2 unspecified atom stereocenters. The van der Waals surface area contributed by atoms with Crippen molar-refractivity contribution in [1.29, 1.82) is 0 Å². The number of hydrogen-bond donors (Lipinski definition) is 2. The molecule has 158 valence electrons. The third-order valence-electron chi connectivity index (χ3n) is 6.23. The highest BCUT2D eigenvalue weighted by Crippen LogP contribution is 2.37. The quantitative estimate of drug-likeness (QED) is 0.471. The van der Waals surface area contributed by atoms with Gasteiger partial charge in [0.2, 0.25) is 0 Å². The van der Waals surface area contributed by atoms with Gasteiger partial charge in [-0.3, -0.25) is 0 Å². The maximum absolute atomic E-state index is 4.53. The standard InChI is InChI=1S/C25H33N5/c1-2-22-18-30(25-24(22)17-28-19-29-25)23-10-9-21(15-23)16-27-13-6-12-26-14-11-20-7-4-3-5-8-20/h2-5,7-8,17-19,21,23,26-27H,1,6,9-16H2. The molecule has 2 heterocycles. The van der Waals surface area contributed by atoms with Crippen molar-refractivity contribution in [3.05, 3.63) is 66.8 Å². The smallest absolute Gasteiger partial charge is 0.144 e. The Hall–Kier alpha value is -2.50. The molecular formula is C25H33N5. The zero-order chi connectivity index (χ0) is 20.6. The number of benzene rings is 1. The summed E-state index contributed by atoms with van der Waals surface area (Å²) in [4.78, 5) is 8.71. The first-order valence-electron chi connectivity index (χ1n) is 11.2. The fraction of sp³-hybridized carbons (Fsp3) is 0.440. The van der Waals surface area contributed by atoms with Crippen molar-refractivity contribution >= 4 is 17.1 Å². The van der Waals surface area contributed by atoms with Crippen LogP contribution in [-0.4, -0.2) is 40.7 Å². The fourth-order valence-electron chi connectivity index (χ4n) is 4.59. The molecule has 1 fully saturated rings. The van der Waals surface area contributed by atoms with Crippen molar-refractivity contribution in [2.75, 3.05) is 26.2 Å². The van der Waals surface area contributed by atoms with Gasteiger partial charge >= 0.3 is 0 Å². The minimum Gasteiger partial charge on any atom is -0.329 e. The summed E-state index contributed by atoms with van der Waals surface area (Å²) in [7, 11) is 0. The predicted octanol–water partition coefficient (Wildman–Crippen LogP) is 4.23. The van der Waals surface area contributed by atoms with Gasteiger partial charge in [-0.1, -0.05) is 43.0 Å². The average molecular weight is 404 g/mol. The zero-order valence-electron chi connectivity index (χ0n) is 17.8. The molecule has 0 bridgehead atoms. The van der Waals surface area contributed by atoms with Crippen LogP contribution in [0.5, 0.6) is 0 Å². The maximum atomic E-state index is 4.53. The molecule has 1 aromatic carbocycles. The Balaban J connectivity index is 1.14. The topological polar surface area (TPSA) is 54.8 Å². The molecule has 4 rings (SSSR count). The lowest BCUT2D eigenvalue weighted by atomic mass is 10.1. The van der Waals surface area contributed by atoms with Crippen LogP contribution in [0.1, 0.15) is 42.9 Å². The molecule has 2 aromatic heterocycles. The van der Waals surface area contributed by atoms with Crippen LogP contribution in [0.3, 0.4) is 0 Å². The number of fused-ring (bicyclic) bond motifs is 1. The number of aromatic nitrogens is 3. The number of nitrogens with one attached hydrogen (secondary N) is 2. The molecule has 30 heavy (non-hydrogen) atoms. The highest BCUT2D eigenvalue weighted by molar-refractivity contribution is 5.85. The summed E-state index contributed by atoms with van der Waals surface area (Å²) < 4.78 is 2.35. The summed E-state index contributed by atoms with van der Waals surface area (Å²) >= 11 is 0. The van der Waals surface area contributed by atoms with Gasteiger partial charge in [-0.2, -0.15) is 0 Å². The van der Waals surface area contributed by atoms with Crippen LogP contribution in [-0.2, 0) is 6.42 Å². The van der Waals surface area contributed by atoms with Crippen LogP contribution in [0.15, 0.2) is 55.6 Å². The molecular weight excluding hydrogens is 370 g/mol. The molecule has 1 aliphatic rings.